The van der Waals surface area contributed by atoms with E-state index in [1.165, 1.54) is 5.56 Å². The summed E-state index contributed by atoms with van der Waals surface area (Å²) in [6.45, 7) is 2.83. The second-order valence-electron chi connectivity index (χ2n) is 7.97. The largest absolute Gasteiger partial charge is 0.497 e. The minimum atomic E-state index is -0.0476. The number of tetrazole rings is 1. The van der Waals surface area contributed by atoms with Crippen LogP contribution in [0.15, 0.2) is 90.1 Å². The second-order valence-corrected chi connectivity index (χ2v) is 9.27. The SMILES string of the molecule is COc1ccc(-c2nnc(SC(C)c3nnnn3-c3ccccc3)n2CCc2ccccc2)cc1. The van der Waals surface area contributed by atoms with E-state index < -0.39 is 0 Å². The van der Waals surface area contributed by atoms with Gasteiger partial charge in [0.05, 0.1) is 18.0 Å². The molecule has 0 N–H and O–H groups in total. The molecule has 0 radical (unpaired) electrons. The number of aryl methyl sites for hydroxylation is 1. The first-order valence-electron chi connectivity index (χ1n) is 11.3. The molecule has 0 amide bonds. The first kappa shape index (κ1) is 22.8. The number of aromatic nitrogens is 7. The molecule has 9 heteroatoms. The Labute approximate surface area is 208 Å². The molecule has 0 saturated heterocycles. The van der Waals surface area contributed by atoms with Crippen LogP contribution >= 0.6 is 11.8 Å². The Morgan fingerprint density at radius 3 is 2.29 bits per heavy atom. The van der Waals surface area contributed by atoms with Gasteiger partial charge in [-0.3, -0.25) is 0 Å². The average Bonchev–Trinajstić information content (AvgIpc) is 3.56. The van der Waals surface area contributed by atoms with Crippen molar-refractivity contribution in [2.75, 3.05) is 7.11 Å². The van der Waals surface area contributed by atoms with Gasteiger partial charge in [-0.2, -0.15) is 4.68 Å². The highest BCUT2D eigenvalue weighted by molar-refractivity contribution is 7.99. The number of nitrogens with zero attached hydrogens (tertiary/aromatic N) is 7. The van der Waals surface area contributed by atoms with Crippen LogP contribution in [-0.2, 0) is 13.0 Å². The van der Waals surface area contributed by atoms with E-state index in [4.69, 9.17) is 4.74 Å². The fraction of sp³-hybridized carbons (Fsp3) is 0.192. The number of hydrogen-bond donors (Lipinski definition) is 0. The van der Waals surface area contributed by atoms with Crippen molar-refractivity contribution in [2.24, 2.45) is 0 Å². The molecule has 1 unspecified atom stereocenters. The molecule has 2 aromatic heterocycles. The standard InChI is InChI=1S/C26H25N7OS/c1-19(24-28-30-31-33(24)22-11-7-4-8-12-22)35-26-29-27-25(21-13-15-23(34-2)16-14-21)32(26)18-17-20-9-5-3-6-10-20/h3-16,19H,17-18H2,1-2H3. The van der Waals surface area contributed by atoms with Crippen molar-refractivity contribution in [3.8, 4) is 22.8 Å². The lowest BCUT2D eigenvalue weighted by molar-refractivity contribution is 0.415. The maximum absolute atomic E-state index is 5.32. The summed E-state index contributed by atoms with van der Waals surface area (Å²) >= 11 is 1.60. The number of hydrogen-bond acceptors (Lipinski definition) is 7. The van der Waals surface area contributed by atoms with E-state index in [0.29, 0.717) is 0 Å². The number of rotatable bonds is 9. The molecule has 1 atom stereocenters. The molecule has 0 spiro atoms. The minimum Gasteiger partial charge on any atom is -0.497 e. The molecule has 0 fully saturated rings. The van der Waals surface area contributed by atoms with Crippen LogP contribution < -0.4 is 4.74 Å². The summed E-state index contributed by atoms with van der Waals surface area (Å²) in [6, 6.07) is 28.2. The summed E-state index contributed by atoms with van der Waals surface area (Å²) in [5.74, 6) is 2.38. The molecule has 5 rings (SSSR count). The predicted octanol–water partition coefficient (Wildman–Crippen LogP) is 5.03. The van der Waals surface area contributed by atoms with Crippen LogP contribution in [0, 0.1) is 0 Å². The van der Waals surface area contributed by atoms with Gasteiger partial charge >= 0.3 is 0 Å². The number of ether oxygens (including phenoxy) is 1. The zero-order valence-electron chi connectivity index (χ0n) is 19.5. The van der Waals surface area contributed by atoms with Crippen molar-refractivity contribution in [3.63, 3.8) is 0 Å². The number of methoxy groups -OCH3 is 1. The van der Waals surface area contributed by atoms with Crippen LogP contribution in [0.25, 0.3) is 17.1 Å². The molecular weight excluding hydrogens is 458 g/mol. The summed E-state index contributed by atoms with van der Waals surface area (Å²) in [6.07, 6.45) is 0.867. The summed E-state index contributed by atoms with van der Waals surface area (Å²) in [4.78, 5) is 0. The van der Waals surface area contributed by atoms with Gasteiger partial charge in [-0.05, 0) is 65.7 Å². The summed E-state index contributed by atoms with van der Waals surface area (Å²) in [5, 5.41) is 22.3. The fourth-order valence-electron chi connectivity index (χ4n) is 3.83. The maximum atomic E-state index is 5.32. The third-order valence-corrected chi connectivity index (χ3v) is 6.75. The summed E-state index contributed by atoms with van der Waals surface area (Å²) in [7, 11) is 1.66. The molecule has 0 aliphatic heterocycles. The molecule has 176 valence electrons. The number of para-hydroxylation sites is 1. The first-order valence-corrected chi connectivity index (χ1v) is 12.2. The highest BCUT2D eigenvalue weighted by Crippen LogP contribution is 2.35. The fourth-order valence-corrected chi connectivity index (χ4v) is 4.79. The molecule has 3 aromatic carbocycles. The topological polar surface area (TPSA) is 83.5 Å². The van der Waals surface area contributed by atoms with E-state index in [1.807, 2.05) is 60.7 Å². The van der Waals surface area contributed by atoms with Gasteiger partial charge in [0.15, 0.2) is 16.8 Å². The van der Waals surface area contributed by atoms with E-state index >= 15 is 0 Å². The Hall–Kier alpha value is -3.98. The van der Waals surface area contributed by atoms with E-state index in [0.717, 1.165) is 46.8 Å². The van der Waals surface area contributed by atoms with Crippen molar-refractivity contribution in [1.29, 1.82) is 0 Å². The molecule has 35 heavy (non-hydrogen) atoms. The highest BCUT2D eigenvalue weighted by Gasteiger charge is 2.22. The van der Waals surface area contributed by atoms with Gasteiger partial charge < -0.3 is 9.30 Å². The summed E-state index contributed by atoms with van der Waals surface area (Å²) < 4.78 is 9.26. The lowest BCUT2D eigenvalue weighted by atomic mass is 10.1. The molecule has 0 aliphatic rings. The van der Waals surface area contributed by atoms with Crippen LogP contribution in [0.5, 0.6) is 5.75 Å². The molecular formula is C26H25N7OS. The predicted molar refractivity (Wildman–Crippen MR) is 136 cm³/mol. The van der Waals surface area contributed by atoms with Crippen LogP contribution in [0.3, 0.4) is 0 Å². The van der Waals surface area contributed by atoms with Gasteiger partial charge in [0.1, 0.15) is 5.75 Å². The van der Waals surface area contributed by atoms with E-state index in [1.54, 1.807) is 23.6 Å². The molecule has 8 nitrogen and oxygen atoms in total. The Kier molecular flexibility index (Phi) is 6.85. The average molecular weight is 484 g/mol. The van der Waals surface area contributed by atoms with Crippen molar-refractivity contribution < 1.29 is 4.74 Å². The smallest absolute Gasteiger partial charge is 0.192 e. The van der Waals surface area contributed by atoms with Gasteiger partial charge in [0.2, 0.25) is 0 Å². The summed E-state index contributed by atoms with van der Waals surface area (Å²) in [5.41, 5.74) is 3.17. The van der Waals surface area contributed by atoms with E-state index in [2.05, 4.69) is 61.5 Å². The van der Waals surface area contributed by atoms with E-state index in [-0.39, 0.29) is 5.25 Å². The molecule has 2 heterocycles. The first-order chi connectivity index (χ1) is 17.2. The molecule has 0 bridgehead atoms. The van der Waals surface area contributed by atoms with Crippen LogP contribution in [0.2, 0.25) is 0 Å². The molecule has 0 saturated carbocycles. The Balaban J connectivity index is 1.45. The minimum absolute atomic E-state index is 0.0476. The van der Waals surface area contributed by atoms with Gasteiger partial charge in [0.25, 0.3) is 0 Å². The quantitative estimate of drug-likeness (QED) is 0.272. The monoisotopic (exact) mass is 483 g/mol. The van der Waals surface area contributed by atoms with Crippen LogP contribution in [0.4, 0.5) is 0 Å². The van der Waals surface area contributed by atoms with Gasteiger partial charge in [0, 0.05) is 12.1 Å². The molecule has 0 aliphatic carbocycles. The van der Waals surface area contributed by atoms with E-state index in [9.17, 15) is 0 Å². The van der Waals surface area contributed by atoms with Crippen molar-refractivity contribution >= 4 is 11.8 Å². The van der Waals surface area contributed by atoms with Gasteiger partial charge in [-0.1, -0.05) is 60.3 Å². The Bertz CT molecular complexity index is 1370. The van der Waals surface area contributed by atoms with Crippen molar-refractivity contribution in [3.05, 3.63) is 96.3 Å². The van der Waals surface area contributed by atoms with Crippen LogP contribution in [-0.4, -0.2) is 42.1 Å². The third kappa shape index (κ3) is 5.09. The molecule has 5 aromatic rings. The van der Waals surface area contributed by atoms with Gasteiger partial charge in [-0.15, -0.1) is 15.3 Å². The lowest BCUT2D eigenvalue weighted by Crippen LogP contribution is -2.08. The zero-order valence-corrected chi connectivity index (χ0v) is 20.3. The second kappa shape index (κ2) is 10.5. The van der Waals surface area contributed by atoms with Gasteiger partial charge in [-0.25, -0.2) is 0 Å². The highest BCUT2D eigenvalue weighted by atomic mass is 32.2. The maximum Gasteiger partial charge on any atom is 0.192 e. The van der Waals surface area contributed by atoms with Crippen LogP contribution in [0.1, 0.15) is 23.6 Å². The zero-order chi connectivity index (χ0) is 24.0. The Morgan fingerprint density at radius 1 is 0.857 bits per heavy atom. The number of benzene rings is 3. The third-order valence-electron chi connectivity index (χ3n) is 5.67. The van der Waals surface area contributed by atoms with Crippen molar-refractivity contribution in [2.45, 2.75) is 30.3 Å². The van der Waals surface area contributed by atoms with Crippen molar-refractivity contribution in [1.82, 2.24) is 35.0 Å². The Morgan fingerprint density at radius 2 is 1.57 bits per heavy atom. The normalized spacial score (nSPS) is 11.9. The number of thioether (sulfide) groups is 1. The lowest BCUT2D eigenvalue weighted by Gasteiger charge is -2.14.